The molecule has 0 spiro atoms. The molecule has 0 aliphatic carbocycles. The maximum absolute atomic E-state index is 5.94. The van der Waals surface area contributed by atoms with E-state index in [0.717, 1.165) is 17.7 Å². The van der Waals surface area contributed by atoms with Crippen LogP contribution in [0.4, 0.5) is 0 Å². The highest BCUT2D eigenvalue weighted by atomic mass is 16.5. The summed E-state index contributed by atoms with van der Waals surface area (Å²) in [6.45, 7) is 10.2. The van der Waals surface area contributed by atoms with E-state index in [1.54, 1.807) is 0 Å². The lowest BCUT2D eigenvalue weighted by Gasteiger charge is -2.17. The van der Waals surface area contributed by atoms with Crippen LogP contribution in [0.2, 0.25) is 0 Å². The van der Waals surface area contributed by atoms with Crippen LogP contribution in [0.25, 0.3) is 6.08 Å². The molecule has 0 bridgehead atoms. The number of ether oxygens (including phenoxy) is 1. The van der Waals surface area contributed by atoms with Gasteiger partial charge >= 0.3 is 0 Å². The van der Waals surface area contributed by atoms with E-state index in [1.165, 1.54) is 18.4 Å². The van der Waals surface area contributed by atoms with Gasteiger partial charge in [-0.05, 0) is 37.5 Å². The molecule has 0 saturated heterocycles. The Kier molecular flexibility index (Phi) is 5.10. The Bertz CT molecular complexity index is 341. The molecule has 16 heavy (non-hydrogen) atoms. The SMILES string of the molecule is C=Cc1cccc(OC(C)CCCC)c1C. The molecular formula is C15H22O. The molecule has 0 N–H and O–H groups in total. The van der Waals surface area contributed by atoms with Gasteiger partial charge in [0, 0.05) is 0 Å². The molecule has 1 nitrogen and oxygen atoms in total. The van der Waals surface area contributed by atoms with E-state index in [0.29, 0.717) is 6.10 Å². The fraction of sp³-hybridized carbons (Fsp3) is 0.467. The van der Waals surface area contributed by atoms with Gasteiger partial charge in [0.2, 0.25) is 0 Å². The van der Waals surface area contributed by atoms with E-state index >= 15 is 0 Å². The number of hydrogen-bond acceptors (Lipinski definition) is 1. The molecule has 0 heterocycles. The Hall–Kier alpha value is -1.24. The summed E-state index contributed by atoms with van der Waals surface area (Å²) in [4.78, 5) is 0. The van der Waals surface area contributed by atoms with Crippen LogP contribution in [0.3, 0.4) is 0 Å². The van der Waals surface area contributed by atoms with Crippen molar-refractivity contribution in [3.05, 3.63) is 35.9 Å². The van der Waals surface area contributed by atoms with Crippen molar-refractivity contribution in [2.45, 2.75) is 46.1 Å². The monoisotopic (exact) mass is 218 g/mol. The van der Waals surface area contributed by atoms with Crippen LogP contribution < -0.4 is 4.74 Å². The second-order valence-electron chi connectivity index (χ2n) is 4.25. The summed E-state index contributed by atoms with van der Waals surface area (Å²) in [6, 6.07) is 6.11. The van der Waals surface area contributed by atoms with Gasteiger partial charge in [-0.3, -0.25) is 0 Å². The summed E-state index contributed by atoms with van der Waals surface area (Å²) in [7, 11) is 0. The Morgan fingerprint density at radius 3 is 2.81 bits per heavy atom. The molecule has 0 aromatic heterocycles. The van der Waals surface area contributed by atoms with Crippen molar-refractivity contribution in [2.24, 2.45) is 0 Å². The number of benzene rings is 1. The molecule has 1 atom stereocenters. The maximum atomic E-state index is 5.94. The average molecular weight is 218 g/mol. The first-order chi connectivity index (χ1) is 7.69. The largest absolute Gasteiger partial charge is 0.490 e. The lowest BCUT2D eigenvalue weighted by Crippen LogP contribution is -2.12. The molecule has 1 aromatic carbocycles. The van der Waals surface area contributed by atoms with Crippen molar-refractivity contribution in [2.75, 3.05) is 0 Å². The van der Waals surface area contributed by atoms with Gasteiger partial charge in [-0.15, -0.1) is 0 Å². The van der Waals surface area contributed by atoms with Gasteiger partial charge in [0.25, 0.3) is 0 Å². The maximum Gasteiger partial charge on any atom is 0.123 e. The molecule has 1 heteroatoms. The molecule has 0 aliphatic rings. The minimum atomic E-state index is 0.290. The average Bonchev–Trinajstić information content (AvgIpc) is 2.29. The molecule has 0 fully saturated rings. The van der Waals surface area contributed by atoms with Crippen molar-refractivity contribution in [3.63, 3.8) is 0 Å². The zero-order valence-electron chi connectivity index (χ0n) is 10.6. The van der Waals surface area contributed by atoms with Crippen LogP contribution in [0.1, 0.15) is 44.2 Å². The molecule has 0 radical (unpaired) electrons. The molecule has 88 valence electrons. The number of hydrogen-bond donors (Lipinski definition) is 0. The lowest BCUT2D eigenvalue weighted by molar-refractivity contribution is 0.206. The van der Waals surface area contributed by atoms with E-state index < -0.39 is 0 Å². The van der Waals surface area contributed by atoms with Crippen molar-refractivity contribution in [3.8, 4) is 5.75 Å². The zero-order chi connectivity index (χ0) is 12.0. The summed E-state index contributed by atoms with van der Waals surface area (Å²) < 4.78 is 5.94. The van der Waals surface area contributed by atoms with Crippen molar-refractivity contribution < 1.29 is 4.74 Å². The normalized spacial score (nSPS) is 12.2. The van der Waals surface area contributed by atoms with E-state index in [2.05, 4.69) is 33.4 Å². The Labute approximate surface area is 99.1 Å². The van der Waals surface area contributed by atoms with Gasteiger partial charge in [-0.25, -0.2) is 0 Å². The summed E-state index contributed by atoms with van der Waals surface area (Å²) in [5.41, 5.74) is 2.33. The smallest absolute Gasteiger partial charge is 0.123 e. The summed E-state index contributed by atoms with van der Waals surface area (Å²) >= 11 is 0. The predicted molar refractivity (Wildman–Crippen MR) is 70.9 cm³/mol. The molecule has 0 saturated carbocycles. The second-order valence-corrected chi connectivity index (χ2v) is 4.25. The molecule has 1 unspecified atom stereocenters. The fourth-order valence-electron chi connectivity index (χ4n) is 1.75. The van der Waals surface area contributed by atoms with E-state index in [4.69, 9.17) is 4.74 Å². The van der Waals surface area contributed by atoms with Crippen molar-refractivity contribution >= 4 is 6.08 Å². The number of rotatable bonds is 6. The quantitative estimate of drug-likeness (QED) is 0.678. The zero-order valence-corrected chi connectivity index (χ0v) is 10.6. The molecular weight excluding hydrogens is 196 g/mol. The third-order valence-corrected chi connectivity index (χ3v) is 2.84. The standard InChI is InChI=1S/C15H22O/c1-5-7-9-12(3)16-15-11-8-10-14(6-2)13(15)4/h6,8,10-12H,2,5,7,9H2,1,3-4H3. The summed E-state index contributed by atoms with van der Waals surface area (Å²) in [5.74, 6) is 0.987. The van der Waals surface area contributed by atoms with E-state index in [-0.39, 0.29) is 0 Å². The Morgan fingerprint density at radius 2 is 2.19 bits per heavy atom. The highest BCUT2D eigenvalue weighted by Crippen LogP contribution is 2.24. The van der Waals surface area contributed by atoms with Gasteiger partial charge in [0.15, 0.2) is 0 Å². The first kappa shape index (κ1) is 12.8. The van der Waals surface area contributed by atoms with Crippen molar-refractivity contribution in [1.82, 2.24) is 0 Å². The van der Waals surface area contributed by atoms with Gasteiger partial charge in [-0.1, -0.05) is 44.6 Å². The first-order valence-corrected chi connectivity index (χ1v) is 6.07. The Balaban J connectivity index is 2.69. The fourth-order valence-corrected chi connectivity index (χ4v) is 1.75. The third kappa shape index (κ3) is 3.41. The van der Waals surface area contributed by atoms with Crippen LogP contribution in [0, 0.1) is 6.92 Å². The van der Waals surface area contributed by atoms with Crippen LogP contribution >= 0.6 is 0 Å². The Morgan fingerprint density at radius 1 is 1.44 bits per heavy atom. The highest BCUT2D eigenvalue weighted by molar-refractivity contribution is 5.55. The molecule has 1 rings (SSSR count). The first-order valence-electron chi connectivity index (χ1n) is 6.07. The summed E-state index contributed by atoms with van der Waals surface area (Å²) in [6.07, 6.45) is 5.73. The summed E-state index contributed by atoms with van der Waals surface area (Å²) in [5, 5.41) is 0. The van der Waals surface area contributed by atoms with Crippen LogP contribution in [-0.4, -0.2) is 6.10 Å². The van der Waals surface area contributed by atoms with Gasteiger partial charge in [0.1, 0.15) is 5.75 Å². The van der Waals surface area contributed by atoms with Gasteiger partial charge < -0.3 is 4.74 Å². The van der Waals surface area contributed by atoms with Gasteiger partial charge in [0.05, 0.1) is 6.10 Å². The topological polar surface area (TPSA) is 9.23 Å². The van der Waals surface area contributed by atoms with Crippen LogP contribution in [0.5, 0.6) is 5.75 Å². The highest BCUT2D eigenvalue weighted by Gasteiger charge is 2.07. The third-order valence-electron chi connectivity index (χ3n) is 2.84. The second kappa shape index (κ2) is 6.37. The minimum Gasteiger partial charge on any atom is -0.490 e. The molecule has 0 amide bonds. The molecule has 0 aliphatic heterocycles. The van der Waals surface area contributed by atoms with E-state index in [9.17, 15) is 0 Å². The minimum absolute atomic E-state index is 0.290. The predicted octanol–water partition coefficient (Wildman–Crippen LogP) is 4.60. The lowest BCUT2D eigenvalue weighted by atomic mass is 10.1. The van der Waals surface area contributed by atoms with Crippen LogP contribution in [0.15, 0.2) is 24.8 Å². The van der Waals surface area contributed by atoms with E-state index in [1.807, 2.05) is 18.2 Å². The van der Waals surface area contributed by atoms with Crippen molar-refractivity contribution in [1.29, 1.82) is 0 Å². The van der Waals surface area contributed by atoms with Crippen LogP contribution in [-0.2, 0) is 0 Å². The molecule has 1 aromatic rings. The van der Waals surface area contributed by atoms with Gasteiger partial charge in [-0.2, -0.15) is 0 Å². The number of unbranched alkanes of at least 4 members (excludes halogenated alkanes) is 1.